The molecule has 1 atom stereocenters. The van der Waals surface area contributed by atoms with E-state index in [9.17, 15) is 4.79 Å². The van der Waals surface area contributed by atoms with Crippen LogP contribution in [-0.2, 0) is 4.74 Å². The van der Waals surface area contributed by atoms with Crippen LogP contribution in [0, 0.1) is 5.92 Å². The van der Waals surface area contributed by atoms with Crippen LogP contribution in [0.1, 0.15) is 61.9 Å². The van der Waals surface area contributed by atoms with Crippen molar-refractivity contribution in [3.8, 4) is 0 Å². The predicted molar refractivity (Wildman–Crippen MR) is 125 cm³/mol. The van der Waals surface area contributed by atoms with Gasteiger partial charge < -0.3 is 9.64 Å². The molecule has 4 rings (SSSR count). The van der Waals surface area contributed by atoms with Crippen molar-refractivity contribution in [3.63, 3.8) is 0 Å². The number of nitrogens with zero attached hydrogens (tertiary/aromatic N) is 2. The summed E-state index contributed by atoms with van der Waals surface area (Å²) >= 11 is 10.1. The van der Waals surface area contributed by atoms with Crippen LogP contribution in [0.25, 0.3) is 10.6 Å². The fourth-order valence-electron chi connectivity index (χ4n) is 4.40. The summed E-state index contributed by atoms with van der Waals surface area (Å²) in [7, 11) is 0. The molecule has 1 saturated heterocycles. The molecule has 0 bridgehead atoms. The number of amides is 1. The van der Waals surface area contributed by atoms with Gasteiger partial charge in [-0.05, 0) is 74.9 Å². The van der Waals surface area contributed by atoms with Crippen molar-refractivity contribution in [1.29, 1.82) is 0 Å². The Morgan fingerprint density at radius 1 is 1.23 bits per heavy atom. The largest absolute Gasteiger partial charge is 0.444 e. The van der Waals surface area contributed by atoms with Crippen LogP contribution < -0.4 is 0 Å². The monoisotopic (exact) mass is 488 g/mol. The predicted octanol–water partition coefficient (Wildman–Crippen LogP) is 6.72. The van der Waals surface area contributed by atoms with Gasteiger partial charge in [0.05, 0.1) is 5.69 Å². The van der Waals surface area contributed by atoms with Gasteiger partial charge in [-0.25, -0.2) is 4.79 Å². The summed E-state index contributed by atoms with van der Waals surface area (Å²) in [6.45, 7) is 7.08. The van der Waals surface area contributed by atoms with Gasteiger partial charge in [0.1, 0.15) is 5.60 Å². The summed E-state index contributed by atoms with van der Waals surface area (Å²) in [4.78, 5) is 19.1. The molecule has 2 aliphatic rings. The van der Waals surface area contributed by atoms with Gasteiger partial charge in [0.25, 0.3) is 0 Å². The molecule has 0 spiro atoms. The number of hydrogen-bond donors (Lipinski definition) is 0. The van der Waals surface area contributed by atoms with Crippen molar-refractivity contribution in [2.75, 3.05) is 13.1 Å². The molecule has 1 aliphatic carbocycles. The number of carbonyl (C=O) groups excluding carboxylic acids is 1. The Morgan fingerprint density at radius 2 is 1.97 bits per heavy atom. The number of aromatic nitrogens is 1. The van der Waals surface area contributed by atoms with Crippen LogP contribution >= 0.6 is 27.5 Å². The van der Waals surface area contributed by atoms with Crippen molar-refractivity contribution >= 4 is 44.2 Å². The minimum absolute atomic E-state index is 0.153. The van der Waals surface area contributed by atoms with Gasteiger partial charge in [0.15, 0.2) is 0 Å². The van der Waals surface area contributed by atoms with E-state index in [1.54, 1.807) is 0 Å². The summed E-state index contributed by atoms with van der Waals surface area (Å²) < 4.78 is 6.58. The first-order chi connectivity index (χ1) is 14.2. The zero-order valence-electron chi connectivity index (χ0n) is 17.5. The molecule has 0 radical (unpaired) electrons. The number of carbonyl (C=O) groups is 1. The summed E-state index contributed by atoms with van der Waals surface area (Å²) in [5, 5.41) is 0.725. The lowest BCUT2D eigenvalue weighted by molar-refractivity contribution is 0.0178. The Morgan fingerprint density at radius 3 is 2.67 bits per heavy atom. The third-order valence-corrected chi connectivity index (χ3v) is 6.61. The quantitative estimate of drug-likeness (QED) is 0.446. The topological polar surface area (TPSA) is 42.4 Å². The van der Waals surface area contributed by atoms with E-state index in [1.807, 2.05) is 50.1 Å². The lowest BCUT2D eigenvalue weighted by atomic mass is 9.76. The van der Waals surface area contributed by atoms with Crippen LogP contribution in [0.2, 0.25) is 5.02 Å². The molecule has 30 heavy (non-hydrogen) atoms. The Balaban J connectivity index is 1.64. The molecule has 1 fully saturated rings. The van der Waals surface area contributed by atoms with E-state index in [-0.39, 0.29) is 12.0 Å². The van der Waals surface area contributed by atoms with Gasteiger partial charge in [-0.1, -0.05) is 39.7 Å². The average molecular weight is 490 g/mol. The highest BCUT2D eigenvalue weighted by Crippen LogP contribution is 2.45. The number of halogens is 2. The Hall–Kier alpha value is -1.85. The maximum atomic E-state index is 12.5. The second-order valence-corrected chi connectivity index (χ2v) is 10.3. The van der Waals surface area contributed by atoms with Crippen LogP contribution in [-0.4, -0.2) is 34.7 Å². The number of piperidine rings is 1. The summed E-state index contributed by atoms with van der Waals surface area (Å²) in [5.74, 6) is 0.532. The molecule has 4 nitrogen and oxygen atoms in total. The van der Waals surface area contributed by atoms with E-state index in [1.165, 1.54) is 5.56 Å². The molecule has 1 amide bonds. The number of likely N-dealkylation sites (tertiary alicyclic amines) is 1. The molecular weight excluding hydrogens is 464 g/mol. The molecule has 0 saturated carbocycles. The first-order valence-electron chi connectivity index (χ1n) is 10.3. The van der Waals surface area contributed by atoms with Crippen molar-refractivity contribution in [2.24, 2.45) is 5.92 Å². The van der Waals surface area contributed by atoms with E-state index >= 15 is 0 Å². The van der Waals surface area contributed by atoms with Crippen LogP contribution in [0.15, 0.2) is 36.5 Å². The van der Waals surface area contributed by atoms with Gasteiger partial charge in [0.2, 0.25) is 0 Å². The minimum atomic E-state index is -0.478. The summed E-state index contributed by atoms with van der Waals surface area (Å²) in [5.41, 5.74) is 4.08. The standard InChI is InChI=1S/C24H26BrClN2O2/c1-24(2,3)30-23(29)28-11-8-15(9-12-28)21-18-7-6-17(26)13-16(18)14-20(25)19-5-4-10-27-22(19)21/h4-7,10,13-15,21H,8-9,11-12H2,1-3H3. The lowest BCUT2D eigenvalue weighted by Gasteiger charge is -2.37. The number of benzene rings is 1. The fourth-order valence-corrected chi connectivity index (χ4v) is 5.16. The summed E-state index contributed by atoms with van der Waals surface area (Å²) in [6.07, 6.45) is 5.58. The van der Waals surface area contributed by atoms with E-state index in [2.05, 4.69) is 34.1 Å². The van der Waals surface area contributed by atoms with E-state index in [0.717, 1.165) is 39.2 Å². The van der Waals surface area contributed by atoms with Crippen LogP contribution in [0.3, 0.4) is 0 Å². The molecular formula is C24H26BrClN2O2. The molecule has 1 aliphatic heterocycles. The van der Waals surface area contributed by atoms with Crippen LogP contribution in [0.5, 0.6) is 0 Å². The smallest absolute Gasteiger partial charge is 0.410 e. The van der Waals surface area contributed by atoms with Crippen molar-refractivity contribution in [1.82, 2.24) is 9.88 Å². The molecule has 2 heterocycles. The molecule has 6 heteroatoms. The van der Waals surface area contributed by atoms with Crippen molar-refractivity contribution in [2.45, 2.75) is 45.1 Å². The molecule has 1 aromatic heterocycles. The summed E-state index contributed by atoms with van der Waals surface area (Å²) in [6, 6.07) is 10.2. The maximum Gasteiger partial charge on any atom is 0.410 e. The van der Waals surface area contributed by atoms with Gasteiger partial charge in [-0.15, -0.1) is 0 Å². The second kappa shape index (κ2) is 8.35. The Bertz CT molecular complexity index is 991. The third-order valence-electron chi connectivity index (χ3n) is 5.72. The molecule has 1 unspecified atom stereocenters. The van der Waals surface area contributed by atoms with Gasteiger partial charge in [-0.2, -0.15) is 0 Å². The minimum Gasteiger partial charge on any atom is -0.444 e. The average Bonchev–Trinajstić information content (AvgIpc) is 2.80. The van der Waals surface area contributed by atoms with Gasteiger partial charge in [-0.3, -0.25) is 4.98 Å². The lowest BCUT2D eigenvalue weighted by Crippen LogP contribution is -2.42. The molecule has 1 aromatic carbocycles. The van der Waals surface area contributed by atoms with Crippen LogP contribution in [0.4, 0.5) is 4.79 Å². The second-order valence-electron chi connectivity index (χ2n) is 8.98. The number of pyridine rings is 1. The highest BCUT2D eigenvalue weighted by molar-refractivity contribution is 9.15. The third kappa shape index (κ3) is 4.42. The normalized spacial score (nSPS) is 19.4. The first-order valence-corrected chi connectivity index (χ1v) is 11.5. The zero-order valence-corrected chi connectivity index (χ0v) is 19.8. The molecule has 158 valence electrons. The SMILES string of the molecule is CC(C)(C)OC(=O)N1CCC(C2c3ccc(Cl)cc3C=C(Br)c3cccnc32)CC1. The fraction of sp³-hybridized carbons (Fsp3) is 0.417. The zero-order chi connectivity index (χ0) is 21.5. The van der Waals surface area contributed by atoms with E-state index < -0.39 is 5.60 Å². The van der Waals surface area contributed by atoms with Gasteiger partial charge >= 0.3 is 6.09 Å². The Labute approximate surface area is 191 Å². The highest BCUT2D eigenvalue weighted by atomic mass is 79.9. The van der Waals surface area contributed by atoms with E-state index in [4.69, 9.17) is 21.3 Å². The number of ether oxygens (including phenoxy) is 1. The highest BCUT2D eigenvalue weighted by Gasteiger charge is 2.35. The van der Waals surface area contributed by atoms with Crippen molar-refractivity contribution < 1.29 is 9.53 Å². The van der Waals surface area contributed by atoms with E-state index in [0.29, 0.717) is 19.0 Å². The number of hydrogen-bond acceptors (Lipinski definition) is 3. The van der Waals surface area contributed by atoms with Crippen molar-refractivity contribution in [3.05, 3.63) is 63.9 Å². The number of rotatable bonds is 1. The molecule has 2 aromatic rings. The molecule has 0 N–H and O–H groups in total. The Kier molecular flexibility index (Phi) is 5.95. The first kappa shape index (κ1) is 21.4. The maximum absolute atomic E-state index is 12.5. The number of fused-ring (bicyclic) bond motifs is 2. The van der Waals surface area contributed by atoms with Gasteiger partial charge in [0, 0.05) is 40.3 Å².